The summed E-state index contributed by atoms with van der Waals surface area (Å²) in [4.78, 5) is 21.8. The van der Waals surface area contributed by atoms with E-state index in [1.54, 1.807) is 6.92 Å². The molecule has 0 bridgehead atoms. The van der Waals surface area contributed by atoms with E-state index in [4.69, 9.17) is 9.47 Å². The number of carbonyl (C=O) groups is 2. The van der Waals surface area contributed by atoms with Gasteiger partial charge in [-0.1, -0.05) is 6.58 Å². The Morgan fingerprint density at radius 1 is 1.77 bits per heavy atom. The third-order valence-corrected chi connectivity index (χ3v) is 1.93. The van der Waals surface area contributed by atoms with Crippen LogP contribution in [0.5, 0.6) is 0 Å². The molecule has 0 aromatic rings. The molecule has 1 heterocycles. The first-order valence-electron chi connectivity index (χ1n) is 4.07. The minimum atomic E-state index is -0.722. The maximum atomic E-state index is 10.9. The zero-order valence-electron chi connectivity index (χ0n) is 7.54. The lowest BCUT2D eigenvalue weighted by Gasteiger charge is -2.31. The highest BCUT2D eigenvalue weighted by atomic mass is 16.6. The van der Waals surface area contributed by atoms with Crippen LogP contribution in [-0.4, -0.2) is 24.1 Å². The van der Waals surface area contributed by atoms with Crippen molar-refractivity contribution in [3.8, 4) is 0 Å². The molecule has 4 heteroatoms. The van der Waals surface area contributed by atoms with Crippen molar-refractivity contribution in [2.45, 2.75) is 25.4 Å². The van der Waals surface area contributed by atoms with Crippen LogP contribution >= 0.6 is 0 Å². The molecule has 0 aliphatic carbocycles. The molecule has 1 unspecified atom stereocenters. The monoisotopic (exact) mass is 184 g/mol. The second kappa shape index (κ2) is 3.60. The van der Waals surface area contributed by atoms with Gasteiger partial charge in [-0.05, 0) is 6.92 Å². The Kier molecular flexibility index (Phi) is 2.70. The SMILES string of the molecule is C=CC(=O)OC1(C)CCOC(=O)C1. The van der Waals surface area contributed by atoms with Gasteiger partial charge in [-0.25, -0.2) is 4.79 Å². The summed E-state index contributed by atoms with van der Waals surface area (Å²) < 4.78 is 9.77. The fourth-order valence-electron chi connectivity index (χ4n) is 1.20. The lowest BCUT2D eigenvalue weighted by Crippen LogP contribution is -2.39. The molecule has 1 aliphatic rings. The van der Waals surface area contributed by atoms with Gasteiger partial charge in [0.25, 0.3) is 0 Å². The highest BCUT2D eigenvalue weighted by Crippen LogP contribution is 2.25. The molecule has 1 rings (SSSR count). The maximum absolute atomic E-state index is 10.9. The molecule has 1 atom stereocenters. The van der Waals surface area contributed by atoms with Crippen molar-refractivity contribution in [3.05, 3.63) is 12.7 Å². The topological polar surface area (TPSA) is 52.6 Å². The lowest BCUT2D eigenvalue weighted by molar-refractivity contribution is -0.171. The minimum Gasteiger partial charge on any atom is -0.465 e. The standard InChI is InChI=1S/C9H12O4/c1-3-7(10)13-9(2)4-5-12-8(11)6-9/h3H,1,4-6H2,2H3. The molecule has 1 saturated heterocycles. The Morgan fingerprint density at radius 2 is 2.46 bits per heavy atom. The van der Waals surface area contributed by atoms with Crippen LogP contribution in [0.1, 0.15) is 19.8 Å². The van der Waals surface area contributed by atoms with E-state index in [0.717, 1.165) is 6.08 Å². The quantitative estimate of drug-likeness (QED) is 0.470. The van der Waals surface area contributed by atoms with Gasteiger partial charge in [0.1, 0.15) is 5.60 Å². The van der Waals surface area contributed by atoms with E-state index in [-0.39, 0.29) is 12.4 Å². The van der Waals surface area contributed by atoms with Gasteiger partial charge in [-0.3, -0.25) is 4.79 Å². The van der Waals surface area contributed by atoms with E-state index in [2.05, 4.69) is 6.58 Å². The zero-order valence-corrected chi connectivity index (χ0v) is 7.54. The largest absolute Gasteiger partial charge is 0.465 e. The number of carbonyl (C=O) groups excluding carboxylic acids is 2. The Hall–Kier alpha value is -1.32. The highest BCUT2D eigenvalue weighted by Gasteiger charge is 2.35. The van der Waals surface area contributed by atoms with Crippen molar-refractivity contribution in [1.29, 1.82) is 0 Å². The van der Waals surface area contributed by atoms with Crippen LogP contribution in [0.15, 0.2) is 12.7 Å². The van der Waals surface area contributed by atoms with E-state index in [1.807, 2.05) is 0 Å². The fraction of sp³-hybridized carbons (Fsp3) is 0.556. The van der Waals surface area contributed by atoms with Crippen molar-refractivity contribution in [2.75, 3.05) is 6.61 Å². The van der Waals surface area contributed by atoms with Crippen molar-refractivity contribution >= 4 is 11.9 Å². The Labute approximate surface area is 76.5 Å². The van der Waals surface area contributed by atoms with Gasteiger partial charge in [-0.15, -0.1) is 0 Å². The van der Waals surface area contributed by atoms with Crippen molar-refractivity contribution in [1.82, 2.24) is 0 Å². The van der Waals surface area contributed by atoms with E-state index < -0.39 is 11.6 Å². The van der Waals surface area contributed by atoms with E-state index in [0.29, 0.717) is 13.0 Å². The third-order valence-electron chi connectivity index (χ3n) is 1.93. The van der Waals surface area contributed by atoms with E-state index in [1.165, 1.54) is 0 Å². The maximum Gasteiger partial charge on any atom is 0.330 e. The second-order valence-corrected chi connectivity index (χ2v) is 3.22. The summed E-state index contributed by atoms with van der Waals surface area (Å²) in [5.74, 6) is -0.831. The average molecular weight is 184 g/mol. The van der Waals surface area contributed by atoms with Crippen LogP contribution in [-0.2, 0) is 19.1 Å². The Morgan fingerprint density at radius 3 is 3.00 bits per heavy atom. The van der Waals surface area contributed by atoms with Crippen molar-refractivity contribution in [2.24, 2.45) is 0 Å². The van der Waals surface area contributed by atoms with Gasteiger partial charge in [0.05, 0.1) is 13.0 Å². The van der Waals surface area contributed by atoms with Crippen LogP contribution in [0.4, 0.5) is 0 Å². The second-order valence-electron chi connectivity index (χ2n) is 3.22. The van der Waals surface area contributed by atoms with Crippen molar-refractivity contribution in [3.63, 3.8) is 0 Å². The van der Waals surface area contributed by atoms with Crippen LogP contribution in [0.2, 0.25) is 0 Å². The first-order chi connectivity index (χ1) is 6.06. The molecule has 1 aliphatic heterocycles. The molecular weight excluding hydrogens is 172 g/mol. The van der Waals surface area contributed by atoms with Gasteiger partial charge >= 0.3 is 11.9 Å². The molecule has 0 saturated carbocycles. The number of ether oxygens (including phenoxy) is 2. The van der Waals surface area contributed by atoms with Gasteiger partial charge in [0.2, 0.25) is 0 Å². The molecule has 0 radical (unpaired) electrons. The molecule has 0 spiro atoms. The molecule has 13 heavy (non-hydrogen) atoms. The third kappa shape index (κ3) is 2.57. The van der Waals surface area contributed by atoms with Crippen LogP contribution < -0.4 is 0 Å². The summed E-state index contributed by atoms with van der Waals surface area (Å²) in [6.07, 6.45) is 1.75. The van der Waals surface area contributed by atoms with Crippen molar-refractivity contribution < 1.29 is 19.1 Å². The number of hydrogen-bond acceptors (Lipinski definition) is 4. The average Bonchev–Trinajstić information content (AvgIpc) is 2.02. The molecular formula is C9H12O4. The Bertz CT molecular complexity index is 246. The minimum absolute atomic E-state index is 0.118. The normalized spacial score (nSPS) is 27.6. The van der Waals surface area contributed by atoms with Gasteiger partial charge in [0, 0.05) is 12.5 Å². The molecule has 1 fully saturated rings. The lowest BCUT2D eigenvalue weighted by atomic mass is 9.96. The number of esters is 2. The summed E-state index contributed by atoms with van der Waals surface area (Å²) in [5.41, 5.74) is -0.722. The number of hydrogen-bond donors (Lipinski definition) is 0. The number of rotatable bonds is 2. The van der Waals surface area contributed by atoms with Gasteiger partial charge in [0.15, 0.2) is 0 Å². The Balaban J connectivity index is 2.58. The summed E-state index contributed by atoms with van der Waals surface area (Å²) in [6, 6.07) is 0. The summed E-state index contributed by atoms with van der Waals surface area (Å²) >= 11 is 0. The highest BCUT2D eigenvalue weighted by molar-refractivity contribution is 5.82. The summed E-state index contributed by atoms with van der Waals surface area (Å²) in [7, 11) is 0. The van der Waals surface area contributed by atoms with Crippen LogP contribution in [0.3, 0.4) is 0 Å². The molecule has 0 aromatic heterocycles. The first-order valence-corrected chi connectivity index (χ1v) is 4.07. The smallest absolute Gasteiger partial charge is 0.330 e. The van der Waals surface area contributed by atoms with E-state index in [9.17, 15) is 9.59 Å². The van der Waals surface area contributed by atoms with Crippen LogP contribution in [0.25, 0.3) is 0 Å². The first kappa shape index (κ1) is 9.77. The fourth-order valence-corrected chi connectivity index (χ4v) is 1.20. The molecule has 0 amide bonds. The van der Waals surface area contributed by atoms with Gasteiger partial charge in [-0.2, -0.15) is 0 Å². The molecule has 0 N–H and O–H groups in total. The predicted octanol–water partition coefficient (Wildman–Crippen LogP) is 0.811. The predicted molar refractivity (Wildman–Crippen MR) is 44.9 cm³/mol. The summed E-state index contributed by atoms with van der Waals surface area (Å²) in [5, 5.41) is 0. The number of cyclic esters (lactones) is 1. The van der Waals surface area contributed by atoms with Crippen LogP contribution in [0, 0.1) is 0 Å². The van der Waals surface area contributed by atoms with E-state index >= 15 is 0 Å². The van der Waals surface area contributed by atoms with Gasteiger partial charge < -0.3 is 9.47 Å². The summed E-state index contributed by atoms with van der Waals surface area (Å²) in [6.45, 7) is 5.31. The zero-order chi connectivity index (χ0) is 9.90. The molecule has 72 valence electrons. The molecule has 0 aromatic carbocycles. The molecule has 4 nitrogen and oxygen atoms in total.